The summed E-state index contributed by atoms with van der Waals surface area (Å²) in [5, 5.41) is 13.3. The van der Waals surface area contributed by atoms with E-state index in [2.05, 4.69) is 4.73 Å². The molecule has 9 nitrogen and oxygen atoms in total. The number of alkyl halides is 2. The Hall–Kier alpha value is -3.70. The molecule has 3 heterocycles. The lowest BCUT2D eigenvalue weighted by atomic mass is 9.95. The van der Waals surface area contributed by atoms with Gasteiger partial charge in [-0.05, 0) is 38.6 Å². The zero-order valence-electron chi connectivity index (χ0n) is 23.7. The quantitative estimate of drug-likeness (QED) is 0.130. The molecule has 4 aromatic carbocycles. The van der Waals surface area contributed by atoms with Gasteiger partial charge in [0.15, 0.2) is 0 Å². The second-order valence-corrected chi connectivity index (χ2v) is 14.0. The molecule has 0 fully saturated rings. The molecule has 0 radical (unpaired) electrons. The maximum Gasteiger partial charge on any atom is 0.559 e. The minimum absolute atomic E-state index is 0.0532. The van der Waals surface area contributed by atoms with Crippen molar-refractivity contribution in [1.29, 1.82) is 0 Å². The Kier molecular flexibility index (Phi) is 7.95. The number of aromatic hydroxyl groups is 1. The fourth-order valence-electron chi connectivity index (χ4n) is 6.52. The van der Waals surface area contributed by atoms with Crippen molar-refractivity contribution < 1.29 is 37.9 Å². The van der Waals surface area contributed by atoms with Crippen LogP contribution in [0.2, 0.25) is 0 Å². The highest BCUT2D eigenvalue weighted by Crippen LogP contribution is 2.51. The minimum Gasteiger partial charge on any atom is -0.507 e. The van der Waals surface area contributed by atoms with Gasteiger partial charge in [-0.3, -0.25) is 14.5 Å². The van der Waals surface area contributed by atoms with Gasteiger partial charge in [0, 0.05) is 59.6 Å². The van der Waals surface area contributed by atoms with Crippen LogP contribution in [-0.2, 0) is 9.29 Å². The van der Waals surface area contributed by atoms with Gasteiger partial charge in [-0.2, -0.15) is 0 Å². The van der Waals surface area contributed by atoms with Crippen molar-refractivity contribution in [2.45, 2.75) is 11.8 Å². The lowest BCUT2D eigenvalue weighted by Gasteiger charge is -2.19. The molecule has 7 rings (SSSR count). The Bertz CT molecular complexity index is 2110. The van der Waals surface area contributed by atoms with E-state index in [1.807, 2.05) is 24.3 Å². The number of amides is 2. The van der Waals surface area contributed by atoms with Gasteiger partial charge in [-0.1, -0.05) is 53.3 Å². The van der Waals surface area contributed by atoms with Crippen molar-refractivity contribution in [3.8, 4) is 11.5 Å². The van der Waals surface area contributed by atoms with Crippen molar-refractivity contribution in [3.63, 3.8) is 0 Å². The van der Waals surface area contributed by atoms with Crippen LogP contribution in [0.15, 0.2) is 72.8 Å². The average Bonchev–Trinajstić information content (AvgIpc) is 3.80. The van der Waals surface area contributed by atoms with E-state index < -0.39 is 13.7 Å². The van der Waals surface area contributed by atoms with Crippen LogP contribution >= 0.6 is 42.4 Å². The van der Waals surface area contributed by atoms with Gasteiger partial charge in [0.2, 0.25) is 0 Å². The third-order valence-corrected chi connectivity index (χ3v) is 10.9. The summed E-state index contributed by atoms with van der Waals surface area (Å²) in [7, 11) is -5.07. The van der Waals surface area contributed by atoms with E-state index in [9.17, 15) is 28.7 Å². The van der Waals surface area contributed by atoms with Crippen molar-refractivity contribution in [2.75, 3.05) is 34.6 Å². The number of phosphoric ester groups is 1. The SMILES string of the molecule is O=C(c1ccc(C(=O)N2C[C@@H](CCl)c3c2cc(O)c2ccccc32)s1)N1CC(CCl)c2c1cc(OP(=O)(O)OF)c1ccccc21. The van der Waals surface area contributed by atoms with Crippen LogP contribution < -0.4 is 14.3 Å². The molecular weight excluding hydrogens is 677 g/mol. The normalized spacial score (nSPS) is 18.5. The number of thiophene rings is 1. The van der Waals surface area contributed by atoms with Crippen molar-refractivity contribution in [2.24, 2.45) is 0 Å². The Morgan fingerprint density at radius 2 is 1.30 bits per heavy atom. The smallest absolute Gasteiger partial charge is 0.507 e. The standard InChI is InChI=1S/C32H24Cl2FN2O7PS/c33-13-17-15-36(23-11-25(38)19-5-1-3-7-21(19)29(17)23)31(39)27-9-10-28(46-27)32(40)37-16-18(14-34)30-22-8-4-2-6-20(22)26(12-24(30)37)43-45(41,42)44-35/h1-12,17-18,38H,13-16H2,(H,41,42)/t17-,18?/m1/s1. The predicted octanol–water partition coefficient (Wildman–Crippen LogP) is 8.11. The molecule has 236 valence electrons. The topological polar surface area (TPSA) is 117 Å². The molecule has 5 aromatic rings. The largest absolute Gasteiger partial charge is 0.559 e. The molecule has 14 heteroatoms. The molecule has 0 aliphatic carbocycles. The van der Waals surface area contributed by atoms with E-state index in [0.29, 0.717) is 39.0 Å². The first-order valence-corrected chi connectivity index (χ1v) is 17.5. The molecule has 0 saturated heterocycles. The summed E-state index contributed by atoms with van der Waals surface area (Å²) in [6.07, 6.45) is 0. The molecule has 0 spiro atoms. The molecule has 2 unspecified atom stereocenters. The van der Waals surface area contributed by atoms with Crippen LogP contribution in [0, 0.1) is 0 Å². The van der Waals surface area contributed by atoms with Gasteiger partial charge in [0.1, 0.15) is 11.5 Å². The first-order valence-electron chi connectivity index (χ1n) is 14.1. The number of hydrogen-bond donors (Lipinski definition) is 2. The van der Waals surface area contributed by atoms with Crippen LogP contribution in [0.3, 0.4) is 0 Å². The summed E-state index contributed by atoms with van der Waals surface area (Å²) in [5.74, 6) is -0.822. The number of phosphoric acid groups is 1. The van der Waals surface area contributed by atoms with Crippen LogP contribution in [-0.4, -0.2) is 46.7 Å². The zero-order chi connectivity index (χ0) is 32.3. The maximum atomic E-state index is 14.0. The number of phenolic OH excluding ortho intramolecular Hbond substituents is 1. The van der Waals surface area contributed by atoms with Gasteiger partial charge in [0.05, 0.1) is 21.1 Å². The predicted molar refractivity (Wildman–Crippen MR) is 177 cm³/mol. The molecule has 1 aromatic heterocycles. The zero-order valence-corrected chi connectivity index (χ0v) is 27.0. The number of phenols is 1. The number of carbonyl (C=O) groups is 2. The summed E-state index contributed by atoms with van der Waals surface area (Å²) < 4.78 is 33.0. The number of rotatable bonds is 7. The molecule has 2 aliphatic rings. The number of halogens is 3. The van der Waals surface area contributed by atoms with Gasteiger partial charge in [-0.15, -0.1) is 34.5 Å². The summed E-state index contributed by atoms with van der Waals surface area (Å²) in [6.45, 7) is 0.516. The van der Waals surface area contributed by atoms with Gasteiger partial charge in [0.25, 0.3) is 11.8 Å². The molecule has 2 N–H and O–H groups in total. The lowest BCUT2D eigenvalue weighted by Crippen LogP contribution is -2.30. The number of anilines is 2. The van der Waals surface area contributed by atoms with Gasteiger partial charge in [-0.25, -0.2) is 4.57 Å². The molecule has 2 aliphatic heterocycles. The lowest BCUT2D eigenvalue weighted by molar-refractivity contribution is -0.0361. The Morgan fingerprint density at radius 3 is 1.83 bits per heavy atom. The monoisotopic (exact) mass is 700 g/mol. The van der Waals surface area contributed by atoms with Gasteiger partial charge < -0.3 is 19.4 Å². The highest BCUT2D eigenvalue weighted by atomic mass is 35.5. The highest BCUT2D eigenvalue weighted by molar-refractivity contribution is 7.47. The minimum atomic E-state index is -5.07. The highest BCUT2D eigenvalue weighted by Gasteiger charge is 2.38. The fraction of sp³-hybridized carbons (Fsp3) is 0.188. The second kappa shape index (κ2) is 11.8. The molecule has 0 bridgehead atoms. The van der Waals surface area contributed by atoms with Crippen LogP contribution in [0.25, 0.3) is 21.5 Å². The molecule has 0 saturated carbocycles. The molecule has 2 amide bonds. The van der Waals surface area contributed by atoms with E-state index in [0.717, 1.165) is 27.8 Å². The Morgan fingerprint density at radius 1 is 0.826 bits per heavy atom. The fourth-order valence-corrected chi connectivity index (χ4v) is 8.36. The number of benzene rings is 4. The molecule has 3 atom stereocenters. The summed E-state index contributed by atoms with van der Waals surface area (Å²) in [5.41, 5.74) is 2.58. The average molecular weight is 701 g/mol. The number of hydrogen-bond acceptors (Lipinski definition) is 7. The van der Waals surface area contributed by atoms with E-state index in [1.165, 1.54) is 11.0 Å². The van der Waals surface area contributed by atoms with E-state index >= 15 is 0 Å². The molecule has 46 heavy (non-hydrogen) atoms. The van der Waals surface area contributed by atoms with Crippen molar-refractivity contribution >= 4 is 87.1 Å². The third kappa shape index (κ3) is 5.02. The number of fused-ring (bicyclic) bond motifs is 6. The van der Waals surface area contributed by atoms with Crippen LogP contribution in [0.4, 0.5) is 15.9 Å². The van der Waals surface area contributed by atoms with Crippen LogP contribution in [0.5, 0.6) is 11.5 Å². The third-order valence-electron chi connectivity index (χ3n) is 8.46. The maximum absolute atomic E-state index is 14.0. The van der Waals surface area contributed by atoms with Gasteiger partial charge >= 0.3 is 7.82 Å². The summed E-state index contributed by atoms with van der Waals surface area (Å²) in [6, 6.07) is 20.4. The van der Waals surface area contributed by atoms with E-state index in [1.54, 1.807) is 47.4 Å². The Balaban J connectivity index is 1.24. The second-order valence-electron chi connectivity index (χ2n) is 11.1. The summed E-state index contributed by atoms with van der Waals surface area (Å²) in [4.78, 5) is 41.2. The summed E-state index contributed by atoms with van der Waals surface area (Å²) >= 11 is 13.7. The van der Waals surface area contributed by atoms with E-state index in [4.69, 9.17) is 27.7 Å². The van der Waals surface area contributed by atoms with Crippen LogP contribution in [0.1, 0.15) is 42.3 Å². The van der Waals surface area contributed by atoms with Crippen molar-refractivity contribution in [1.82, 2.24) is 0 Å². The molecular formula is C32H24Cl2FN2O7PS. The first-order chi connectivity index (χ1) is 22.2. The number of nitrogens with zero attached hydrogens (tertiary/aromatic N) is 2. The Labute approximate surface area is 275 Å². The first kappa shape index (κ1) is 30.9. The van der Waals surface area contributed by atoms with E-state index in [-0.39, 0.29) is 52.4 Å². The number of carbonyl (C=O) groups excluding carboxylic acids is 2. The van der Waals surface area contributed by atoms with Crippen molar-refractivity contribution in [3.05, 3.63) is 93.7 Å².